The van der Waals surface area contributed by atoms with Crippen LogP contribution in [0.4, 0.5) is 0 Å². The van der Waals surface area contributed by atoms with Gasteiger partial charge in [-0.15, -0.1) is 11.3 Å². The number of nitrogens with zero attached hydrogens (tertiary/aromatic N) is 1. The SMILES string of the molecule is CC1CCc2c(sc3nc(COc4ccc(Br)cc4Cl)[nH]c(=O)c23)C1. The number of rotatable bonds is 3. The highest BCUT2D eigenvalue weighted by atomic mass is 79.9. The first-order valence-electron chi connectivity index (χ1n) is 8.12. The lowest BCUT2D eigenvalue weighted by Gasteiger charge is -2.17. The van der Waals surface area contributed by atoms with E-state index in [0.717, 1.165) is 34.0 Å². The predicted octanol–water partition coefficient (Wildman–Crippen LogP) is 5.10. The van der Waals surface area contributed by atoms with E-state index in [1.54, 1.807) is 23.5 Å². The number of aromatic nitrogens is 2. The zero-order valence-electron chi connectivity index (χ0n) is 13.6. The summed E-state index contributed by atoms with van der Waals surface area (Å²) in [4.78, 5) is 22.2. The molecule has 0 radical (unpaired) electrons. The van der Waals surface area contributed by atoms with Gasteiger partial charge in [0.25, 0.3) is 5.56 Å². The summed E-state index contributed by atoms with van der Waals surface area (Å²) in [5.74, 6) is 1.75. The van der Waals surface area contributed by atoms with Crippen LogP contribution in [-0.4, -0.2) is 9.97 Å². The van der Waals surface area contributed by atoms with Crippen molar-refractivity contribution in [1.82, 2.24) is 9.97 Å². The Balaban J connectivity index is 1.64. The molecule has 7 heteroatoms. The van der Waals surface area contributed by atoms with E-state index in [0.29, 0.717) is 22.5 Å². The third-order valence-electron chi connectivity index (χ3n) is 4.47. The quantitative estimate of drug-likeness (QED) is 0.617. The van der Waals surface area contributed by atoms with Crippen molar-refractivity contribution in [2.45, 2.75) is 32.8 Å². The minimum absolute atomic E-state index is 0.0717. The van der Waals surface area contributed by atoms with Crippen molar-refractivity contribution < 1.29 is 4.74 Å². The number of aromatic amines is 1. The van der Waals surface area contributed by atoms with Crippen molar-refractivity contribution >= 4 is 49.1 Å². The fraction of sp³-hybridized carbons (Fsp3) is 0.333. The lowest BCUT2D eigenvalue weighted by molar-refractivity contribution is 0.296. The standard InChI is InChI=1S/C18H16BrClN2O2S/c1-9-2-4-11-14(6-9)25-18-16(11)17(23)21-15(22-18)8-24-13-5-3-10(19)7-12(13)20/h3,5,7,9H,2,4,6,8H2,1H3,(H,21,22,23). The maximum Gasteiger partial charge on any atom is 0.260 e. The fourth-order valence-electron chi connectivity index (χ4n) is 3.20. The summed E-state index contributed by atoms with van der Waals surface area (Å²) >= 11 is 11.2. The van der Waals surface area contributed by atoms with Crippen LogP contribution >= 0.6 is 38.9 Å². The largest absolute Gasteiger partial charge is 0.484 e. The summed E-state index contributed by atoms with van der Waals surface area (Å²) in [5, 5.41) is 1.27. The molecule has 0 saturated carbocycles. The van der Waals surface area contributed by atoms with Gasteiger partial charge in [-0.25, -0.2) is 4.98 Å². The third kappa shape index (κ3) is 3.35. The Kier molecular flexibility index (Phi) is 4.60. The van der Waals surface area contributed by atoms with Gasteiger partial charge in [-0.2, -0.15) is 0 Å². The van der Waals surface area contributed by atoms with Gasteiger partial charge < -0.3 is 9.72 Å². The number of fused-ring (bicyclic) bond motifs is 3. The van der Waals surface area contributed by atoms with E-state index in [9.17, 15) is 4.79 Å². The molecule has 0 bridgehead atoms. The Hall–Kier alpha value is -1.37. The van der Waals surface area contributed by atoms with Crippen LogP contribution in [0.15, 0.2) is 27.5 Å². The first kappa shape index (κ1) is 17.1. The summed E-state index contributed by atoms with van der Waals surface area (Å²) in [5.41, 5.74) is 1.12. The van der Waals surface area contributed by atoms with Gasteiger partial charge in [0.1, 0.15) is 23.0 Å². The number of halogens is 2. The summed E-state index contributed by atoms with van der Waals surface area (Å²) in [6, 6.07) is 5.41. The van der Waals surface area contributed by atoms with Crippen LogP contribution in [0.2, 0.25) is 5.02 Å². The van der Waals surface area contributed by atoms with Gasteiger partial charge in [0, 0.05) is 9.35 Å². The second kappa shape index (κ2) is 6.74. The molecule has 0 spiro atoms. The van der Waals surface area contributed by atoms with E-state index in [4.69, 9.17) is 16.3 Å². The van der Waals surface area contributed by atoms with Crippen molar-refractivity contribution in [3.8, 4) is 5.75 Å². The van der Waals surface area contributed by atoms with Crippen LogP contribution in [0.5, 0.6) is 5.75 Å². The number of hydrogen-bond donors (Lipinski definition) is 1. The van der Waals surface area contributed by atoms with Crippen molar-refractivity contribution in [3.63, 3.8) is 0 Å². The van der Waals surface area contributed by atoms with Crippen LogP contribution in [-0.2, 0) is 19.4 Å². The molecule has 4 rings (SSSR count). The van der Waals surface area contributed by atoms with E-state index >= 15 is 0 Å². The van der Waals surface area contributed by atoms with Gasteiger partial charge in [-0.05, 0) is 48.9 Å². The lowest BCUT2D eigenvalue weighted by Crippen LogP contribution is -2.15. The molecular formula is C18H16BrClN2O2S. The van der Waals surface area contributed by atoms with Gasteiger partial charge in [0.15, 0.2) is 0 Å². The van der Waals surface area contributed by atoms with Gasteiger partial charge in [0.05, 0.1) is 10.4 Å². The van der Waals surface area contributed by atoms with E-state index < -0.39 is 0 Å². The molecule has 0 fully saturated rings. The van der Waals surface area contributed by atoms with E-state index in [1.807, 2.05) is 6.07 Å². The van der Waals surface area contributed by atoms with Gasteiger partial charge in [-0.1, -0.05) is 34.5 Å². The number of benzene rings is 1. The molecular weight excluding hydrogens is 424 g/mol. The molecule has 0 saturated heterocycles. The topological polar surface area (TPSA) is 55.0 Å². The second-order valence-electron chi connectivity index (χ2n) is 6.41. The smallest absolute Gasteiger partial charge is 0.260 e. The molecule has 3 aromatic rings. The monoisotopic (exact) mass is 438 g/mol. The van der Waals surface area contributed by atoms with E-state index in [1.165, 1.54) is 10.4 Å². The van der Waals surface area contributed by atoms with Gasteiger partial charge in [-0.3, -0.25) is 4.79 Å². The average Bonchev–Trinajstić information content (AvgIpc) is 2.91. The molecule has 2 aromatic heterocycles. The Morgan fingerprint density at radius 1 is 1.48 bits per heavy atom. The van der Waals surface area contributed by atoms with Crippen LogP contribution in [0, 0.1) is 5.92 Å². The number of hydrogen-bond acceptors (Lipinski definition) is 4. The van der Waals surface area contributed by atoms with Crippen molar-refractivity contribution in [2.75, 3.05) is 0 Å². The summed E-state index contributed by atoms with van der Waals surface area (Å²) < 4.78 is 6.61. The van der Waals surface area contributed by atoms with Gasteiger partial charge in [0.2, 0.25) is 0 Å². The van der Waals surface area contributed by atoms with E-state index in [-0.39, 0.29) is 12.2 Å². The molecule has 0 amide bonds. The average molecular weight is 440 g/mol. The zero-order chi connectivity index (χ0) is 17.6. The fourth-order valence-corrected chi connectivity index (χ4v) is 5.33. The summed E-state index contributed by atoms with van der Waals surface area (Å²) in [6.07, 6.45) is 3.13. The second-order valence-corrected chi connectivity index (χ2v) is 8.81. The number of thiophene rings is 1. The van der Waals surface area contributed by atoms with Crippen LogP contribution in [0.1, 0.15) is 29.6 Å². The number of H-pyrrole nitrogens is 1. The van der Waals surface area contributed by atoms with Gasteiger partial charge >= 0.3 is 0 Å². The Morgan fingerprint density at radius 2 is 2.32 bits per heavy atom. The van der Waals surface area contributed by atoms with Crippen LogP contribution in [0.3, 0.4) is 0 Å². The molecule has 4 nitrogen and oxygen atoms in total. The van der Waals surface area contributed by atoms with Crippen LogP contribution < -0.4 is 10.3 Å². The van der Waals surface area contributed by atoms with Crippen molar-refractivity contribution in [1.29, 1.82) is 0 Å². The van der Waals surface area contributed by atoms with Crippen molar-refractivity contribution in [2.24, 2.45) is 5.92 Å². The minimum atomic E-state index is -0.0717. The predicted molar refractivity (Wildman–Crippen MR) is 105 cm³/mol. The number of aryl methyl sites for hydroxylation is 1. The summed E-state index contributed by atoms with van der Waals surface area (Å²) in [7, 11) is 0. The number of ether oxygens (including phenoxy) is 1. The summed E-state index contributed by atoms with van der Waals surface area (Å²) in [6.45, 7) is 2.43. The Bertz CT molecular complexity index is 1010. The van der Waals surface area contributed by atoms with E-state index in [2.05, 4.69) is 32.8 Å². The molecule has 2 heterocycles. The van der Waals surface area contributed by atoms with Crippen molar-refractivity contribution in [3.05, 3.63) is 54.3 Å². The first-order valence-corrected chi connectivity index (χ1v) is 10.1. The maximum atomic E-state index is 12.6. The highest BCUT2D eigenvalue weighted by Crippen LogP contribution is 2.35. The Labute approximate surface area is 162 Å². The normalized spacial score (nSPS) is 16.8. The number of nitrogens with one attached hydrogen (secondary N) is 1. The first-order chi connectivity index (χ1) is 12.0. The molecule has 1 aromatic carbocycles. The Morgan fingerprint density at radius 3 is 3.12 bits per heavy atom. The third-order valence-corrected chi connectivity index (χ3v) is 6.41. The maximum absolute atomic E-state index is 12.6. The molecule has 25 heavy (non-hydrogen) atoms. The molecule has 1 aliphatic carbocycles. The highest BCUT2D eigenvalue weighted by molar-refractivity contribution is 9.10. The highest BCUT2D eigenvalue weighted by Gasteiger charge is 2.23. The minimum Gasteiger partial charge on any atom is -0.484 e. The molecule has 0 aliphatic heterocycles. The molecule has 130 valence electrons. The molecule has 1 atom stereocenters. The lowest BCUT2D eigenvalue weighted by atomic mass is 9.89. The molecule has 1 N–H and O–H groups in total. The molecule has 1 unspecified atom stereocenters. The zero-order valence-corrected chi connectivity index (χ0v) is 16.7. The van der Waals surface area contributed by atoms with Crippen LogP contribution in [0.25, 0.3) is 10.2 Å². The molecule has 1 aliphatic rings.